The van der Waals surface area contributed by atoms with E-state index in [9.17, 15) is 90.4 Å². The fraction of sp³-hybridized carbons (Fsp3) is 0.661. The van der Waals surface area contributed by atoms with E-state index in [2.05, 4.69) is 41.9 Å². The van der Waals surface area contributed by atoms with Crippen molar-refractivity contribution in [2.24, 2.45) is 33.1 Å². The molecule has 556 valence electrons. The Morgan fingerprint density at radius 2 is 1.28 bits per heavy atom. The zero-order valence-electron chi connectivity index (χ0n) is 54.4. The molecule has 38 heteroatoms. The molecule has 1 aliphatic carbocycles. The van der Waals surface area contributed by atoms with Crippen LogP contribution in [0.15, 0.2) is 64.6 Å². The Kier molecular flexibility index (Phi) is 28.1. The van der Waals surface area contributed by atoms with Crippen LogP contribution in [0.1, 0.15) is 62.5 Å². The second-order valence-corrected chi connectivity index (χ2v) is 25.4. The SMILES string of the molecule is CC(c1ccccc1)[C@H](NC(=O)CN)C(=O)N[C@@H](Cc1ccc(OC2OC(COC(=O)CCC3CCCC3)C(OC3OC(CO)C(O)C(O)C3O)C(O)C2O)cc1)C(=O)N[C@H](C(=O)N[C@H](C(=O)N[C@H](C=O)CO)C(O)C1CN=C(N)N1C1OC(CO)C(O)C(O)C1O)C(O)C1CN=C(N)N1. The van der Waals surface area contributed by atoms with Gasteiger partial charge >= 0.3 is 5.97 Å². The van der Waals surface area contributed by atoms with E-state index in [1.807, 2.05) is 0 Å². The Labute approximate surface area is 572 Å². The van der Waals surface area contributed by atoms with Crippen LogP contribution in [-0.2, 0) is 63.7 Å². The molecule has 0 aromatic heterocycles. The van der Waals surface area contributed by atoms with Gasteiger partial charge in [-0.25, -0.2) is 0 Å². The van der Waals surface area contributed by atoms with Crippen molar-refractivity contribution in [3.05, 3.63) is 65.7 Å². The van der Waals surface area contributed by atoms with E-state index in [0.717, 1.165) is 30.6 Å². The van der Waals surface area contributed by atoms with Gasteiger partial charge in [-0.05, 0) is 35.6 Å². The highest BCUT2D eigenvalue weighted by molar-refractivity contribution is 5.97. The van der Waals surface area contributed by atoms with Gasteiger partial charge in [-0.3, -0.25) is 38.8 Å². The number of ether oxygens (including phenoxy) is 6. The van der Waals surface area contributed by atoms with Crippen molar-refractivity contribution in [1.82, 2.24) is 36.8 Å². The number of esters is 1. The van der Waals surface area contributed by atoms with Crippen LogP contribution >= 0.6 is 0 Å². The number of amides is 5. The first-order chi connectivity index (χ1) is 47.7. The molecule has 6 aliphatic rings. The van der Waals surface area contributed by atoms with Crippen LogP contribution in [0.3, 0.4) is 0 Å². The molecule has 2 aromatic carbocycles. The van der Waals surface area contributed by atoms with Gasteiger partial charge in [0.2, 0.25) is 35.8 Å². The van der Waals surface area contributed by atoms with E-state index in [0.29, 0.717) is 17.9 Å². The number of benzene rings is 2. The molecule has 2 aromatic rings. The molecule has 100 heavy (non-hydrogen) atoms. The van der Waals surface area contributed by atoms with Crippen LogP contribution in [0, 0.1) is 5.92 Å². The first-order valence-electron chi connectivity index (χ1n) is 32.7. The van der Waals surface area contributed by atoms with Crippen molar-refractivity contribution in [3.8, 4) is 5.75 Å². The van der Waals surface area contributed by atoms with Crippen molar-refractivity contribution in [3.63, 3.8) is 0 Å². The molecule has 1 saturated carbocycles. The largest absolute Gasteiger partial charge is 0.463 e. The highest BCUT2D eigenvalue weighted by Crippen LogP contribution is 2.34. The van der Waals surface area contributed by atoms with Gasteiger partial charge in [-0.15, -0.1) is 0 Å². The zero-order chi connectivity index (χ0) is 72.8. The molecular weight excluding hydrogens is 1330 g/mol. The number of guanidine groups is 2. The average Bonchev–Trinajstić information content (AvgIpc) is 1.34. The van der Waals surface area contributed by atoms with E-state index < -0.39 is 240 Å². The van der Waals surface area contributed by atoms with Crippen LogP contribution in [0.25, 0.3) is 0 Å². The normalized spacial score (nSPS) is 31.6. The van der Waals surface area contributed by atoms with E-state index in [1.165, 1.54) is 24.3 Å². The number of carbonyl (C=O) groups is 7. The van der Waals surface area contributed by atoms with E-state index >= 15 is 9.59 Å². The number of aliphatic hydroxyl groups is 13. The highest BCUT2D eigenvalue weighted by atomic mass is 16.7. The lowest BCUT2D eigenvalue weighted by Gasteiger charge is -2.46. The molecule has 5 amide bonds. The summed E-state index contributed by atoms with van der Waals surface area (Å²) in [5.41, 5.74) is 18.6. The third kappa shape index (κ3) is 19.0. The van der Waals surface area contributed by atoms with Crippen LogP contribution in [0.5, 0.6) is 5.75 Å². The van der Waals surface area contributed by atoms with Crippen LogP contribution < -0.4 is 53.8 Å². The minimum absolute atomic E-state index is 0.0368. The summed E-state index contributed by atoms with van der Waals surface area (Å²) in [6.45, 7) is -3.20. The van der Waals surface area contributed by atoms with Crippen molar-refractivity contribution < 1.29 is 128 Å². The molecule has 8 rings (SSSR count). The van der Waals surface area contributed by atoms with Crippen molar-refractivity contribution in [1.29, 1.82) is 0 Å². The molecule has 38 nitrogen and oxygen atoms in total. The quantitative estimate of drug-likeness (QED) is 0.0239. The maximum Gasteiger partial charge on any atom is 0.305 e. The van der Waals surface area contributed by atoms with Crippen LogP contribution in [-0.4, -0.2) is 318 Å². The molecule has 0 bridgehead atoms. The van der Waals surface area contributed by atoms with Gasteiger partial charge in [0.25, 0.3) is 0 Å². The third-order valence-electron chi connectivity index (χ3n) is 18.6. The lowest BCUT2D eigenvalue weighted by atomic mass is 9.92. The Hall–Kier alpha value is -7.45. The van der Waals surface area contributed by atoms with Crippen molar-refractivity contribution in [2.45, 2.75) is 204 Å². The maximum absolute atomic E-state index is 15.2. The molecule has 25 N–H and O–H groups in total. The molecule has 5 aliphatic heterocycles. The molecule has 0 spiro atoms. The fourth-order valence-corrected chi connectivity index (χ4v) is 12.7. The Balaban J connectivity index is 1.08. The third-order valence-corrected chi connectivity index (χ3v) is 18.6. The van der Waals surface area contributed by atoms with Gasteiger partial charge in [0.15, 0.2) is 24.4 Å². The Morgan fingerprint density at radius 1 is 0.680 bits per heavy atom. The average molecular weight is 1420 g/mol. The summed E-state index contributed by atoms with van der Waals surface area (Å²) in [7, 11) is 0. The minimum atomic E-state index is -2.30. The number of aliphatic imine (C=N–C) groups is 2. The monoisotopic (exact) mass is 1420 g/mol. The molecule has 25 atom stereocenters. The van der Waals surface area contributed by atoms with Gasteiger partial charge in [-0.2, -0.15) is 0 Å². The lowest BCUT2D eigenvalue weighted by Crippen LogP contribution is -2.70. The highest BCUT2D eigenvalue weighted by Gasteiger charge is 2.54. The van der Waals surface area contributed by atoms with Gasteiger partial charge in [-0.1, -0.05) is 75.1 Å². The Morgan fingerprint density at radius 3 is 1.90 bits per heavy atom. The van der Waals surface area contributed by atoms with Gasteiger partial charge in [0.05, 0.1) is 51.5 Å². The number of hydrogen-bond donors (Lipinski definition) is 22. The number of aliphatic hydroxyl groups excluding tert-OH is 13. The smallest absolute Gasteiger partial charge is 0.305 e. The predicted molar refractivity (Wildman–Crippen MR) is 340 cm³/mol. The van der Waals surface area contributed by atoms with E-state index in [1.54, 1.807) is 37.3 Å². The molecule has 4 fully saturated rings. The minimum Gasteiger partial charge on any atom is -0.463 e. The Bertz CT molecular complexity index is 3120. The number of nitrogens with zero attached hydrogens (tertiary/aromatic N) is 3. The number of aldehydes is 1. The lowest BCUT2D eigenvalue weighted by molar-refractivity contribution is -0.352. The van der Waals surface area contributed by atoms with Crippen LogP contribution in [0.2, 0.25) is 0 Å². The summed E-state index contributed by atoms with van der Waals surface area (Å²) in [5.74, 6) is -7.79. The molecule has 3 saturated heterocycles. The van der Waals surface area contributed by atoms with E-state index in [4.69, 9.17) is 45.6 Å². The standard InChI is InChI=1S/C62H92N12O26/c1-26(29-9-3-2-4-10-29)40(71-38(79)18-63)55(92)69-32(17-28-11-14-31(15-12-28)96-59-52(90)49(87)53(100-60-51(89)48(86)46(84)36(24-78)98-60)37(99-59)25-95-39(80)16-13-27-7-5-6-8-27)54(91)72-41(43(81)33-19-66-61(64)70-33)57(94)73-42(56(93)68-30(21-75)22-76)44(82)34-20-67-62(65)74(34)58-50(88)47(85)45(83)35(23-77)97-58/h2-4,9-12,14-15,21,26-27,30,32-37,40-53,58-60,76-78,81-90H,5-8,13,16-20,22-25,63H2,1H3,(H2,65,67)(H,68,93)(H,69,92)(H,71,79)(H,72,91)(H,73,94)(H3,64,66,70)/t26?,30-,32+,33?,34?,35?,36?,37?,40+,41+,42+,43?,44?,45?,46?,47?,48?,49?,50?,51?,52?,53?,58?,59?,60?/m1/s1. The van der Waals surface area contributed by atoms with Crippen molar-refractivity contribution >= 4 is 53.7 Å². The maximum atomic E-state index is 15.2. The number of carbonyl (C=O) groups excluding carboxylic acids is 7. The van der Waals surface area contributed by atoms with Crippen molar-refractivity contribution in [2.75, 3.05) is 46.1 Å². The number of rotatable bonds is 32. The summed E-state index contributed by atoms with van der Waals surface area (Å²) in [5, 5.41) is 156. The summed E-state index contributed by atoms with van der Waals surface area (Å²) in [6, 6.07) is 1.33. The predicted octanol–water partition coefficient (Wildman–Crippen LogP) is -11.1. The first kappa shape index (κ1) is 78.3. The first-order valence-corrected chi connectivity index (χ1v) is 32.7. The van der Waals surface area contributed by atoms with Gasteiger partial charge in [0, 0.05) is 18.8 Å². The van der Waals surface area contributed by atoms with E-state index in [-0.39, 0.29) is 36.5 Å². The van der Waals surface area contributed by atoms with Crippen LogP contribution in [0.4, 0.5) is 0 Å². The number of hydrogen-bond acceptors (Lipinski definition) is 33. The fourth-order valence-electron chi connectivity index (χ4n) is 12.7. The summed E-state index contributed by atoms with van der Waals surface area (Å²) >= 11 is 0. The summed E-state index contributed by atoms with van der Waals surface area (Å²) < 4.78 is 34.8. The van der Waals surface area contributed by atoms with Gasteiger partial charge in [0.1, 0.15) is 134 Å². The second-order valence-electron chi connectivity index (χ2n) is 25.4. The molecule has 5 heterocycles. The van der Waals surface area contributed by atoms with Gasteiger partial charge < -0.3 is 154 Å². The second kappa shape index (κ2) is 35.9. The topological polar surface area (TPSA) is 616 Å². The number of nitrogens with two attached hydrogens (primary N) is 3. The molecule has 0 radical (unpaired) electrons. The number of nitrogens with one attached hydrogen (secondary N) is 6. The molecular formula is C62H92N12O26. The summed E-state index contributed by atoms with van der Waals surface area (Å²) in [4.78, 5) is 106. The summed E-state index contributed by atoms with van der Waals surface area (Å²) in [6.07, 6.45) is -27.3. The zero-order valence-corrected chi connectivity index (χ0v) is 54.4. The molecule has 20 unspecified atom stereocenters.